The zero-order valence-corrected chi connectivity index (χ0v) is 6.79. The van der Waals surface area contributed by atoms with Crippen molar-refractivity contribution < 1.29 is 0 Å². The molecular weight excluding hydrogens is 142 g/mol. The van der Waals surface area contributed by atoms with E-state index in [0.29, 0.717) is 6.04 Å². The average Bonchev–Trinajstić information content (AvgIpc) is 2.33. The molecule has 0 saturated heterocycles. The van der Waals surface area contributed by atoms with E-state index in [1.807, 2.05) is 0 Å². The van der Waals surface area contributed by atoms with Crippen LogP contribution in [0.4, 0.5) is 0 Å². The van der Waals surface area contributed by atoms with E-state index < -0.39 is 0 Å². The molecule has 0 saturated carbocycles. The van der Waals surface area contributed by atoms with Gasteiger partial charge in [0, 0.05) is 22.8 Å². The molecular formula is C8H10NS. The Bertz CT molecular complexity index is 229. The molecule has 2 heteroatoms. The zero-order chi connectivity index (χ0) is 6.97. The topological polar surface area (TPSA) is 12.0 Å². The third-order valence-corrected chi connectivity index (χ3v) is 2.80. The van der Waals surface area contributed by atoms with Crippen molar-refractivity contribution >= 4 is 11.3 Å². The van der Waals surface area contributed by atoms with E-state index in [9.17, 15) is 0 Å². The van der Waals surface area contributed by atoms with Gasteiger partial charge in [-0.05, 0) is 25.0 Å². The van der Waals surface area contributed by atoms with Crippen LogP contribution >= 0.6 is 11.3 Å². The summed E-state index contributed by atoms with van der Waals surface area (Å²) in [6, 6.07) is 2.77. The van der Waals surface area contributed by atoms with Crippen molar-refractivity contribution in [3.8, 4) is 0 Å². The fraction of sp³-hybridized carbons (Fsp3) is 0.500. The van der Waals surface area contributed by atoms with Gasteiger partial charge in [-0.2, -0.15) is 0 Å². The highest BCUT2D eigenvalue weighted by Gasteiger charge is 2.14. The minimum absolute atomic E-state index is 0.649. The van der Waals surface area contributed by atoms with Crippen molar-refractivity contribution in [1.29, 1.82) is 0 Å². The second-order valence-electron chi connectivity index (χ2n) is 2.80. The summed E-state index contributed by atoms with van der Waals surface area (Å²) in [4.78, 5) is 1.47. The van der Waals surface area contributed by atoms with Crippen LogP contribution in [0.15, 0.2) is 6.07 Å². The van der Waals surface area contributed by atoms with Crippen LogP contribution in [0, 0.1) is 5.38 Å². The van der Waals surface area contributed by atoms with Gasteiger partial charge in [-0.3, -0.25) is 0 Å². The molecule has 0 aromatic carbocycles. The summed E-state index contributed by atoms with van der Waals surface area (Å²) in [7, 11) is 0. The largest absolute Gasteiger partial charge is 0.309 e. The molecule has 1 N–H and O–H groups in total. The van der Waals surface area contributed by atoms with Gasteiger partial charge in [-0.25, -0.2) is 0 Å². The molecule has 0 aliphatic carbocycles. The Balaban J connectivity index is 2.30. The third-order valence-electron chi connectivity index (χ3n) is 1.91. The fourth-order valence-electron chi connectivity index (χ4n) is 1.31. The van der Waals surface area contributed by atoms with Crippen LogP contribution < -0.4 is 5.32 Å². The molecule has 1 aromatic heterocycles. The molecule has 2 heterocycles. The van der Waals surface area contributed by atoms with Gasteiger partial charge in [0.2, 0.25) is 0 Å². The molecule has 1 atom stereocenters. The maximum Gasteiger partial charge on any atom is 0.0449 e. The van der Waals surface area contributed by atoms with Crippen molar-refractivity contribution in [3.05, 3.63) is 21.9 Å². The number of hydrogen-bond acceptors (Lipinski definition) is 2. The second-order valence-corrected chi connectivity index (χ2v) is 3.73. The molecule has 0 spiro atoms. The van der Waals surface area contributed by atoms with Crippen LogP contribution in [0.25, 0.3) is 0 Å². The smallest absolute Gasteiger partial charge is 0.0449 e. The zero-order valence-electron chi connectivity index (χ0n) is 5.98. The lowest BCUT2D eigenvalue weighted by atomic mass is 10.0. The summed E-state index contributed by atoms with van der Waals surface area (Å²) in [5, 5.41) is 6.58. The summed E-state index contributed by atoms with van der Waals surface area (Å²) in [6.07, 6.45) is 1.18. The summed E-state index contributed by atoms with van der Waals surface area (Å²) >= 11 is 1.74. The summed E-state index contributed by atoms with van der Waals surface area (Å²) in [5.74, 6) is 0. The molecule has 1 unspecified atom stereocenters. The predicted octanol–water partition coefficient (Wildman–Crippen LogP) is 1.58. The number of hydrogen-bond donors (Lipinski definition) is 1. The Hall–Kier alpha value is -0.340. The van der Waals surface area contributed by atoms with E-state index in [2.05, 4.69) is 23.7 Å². The third kappa shape index (κ3) is 0.976. The van der Waals surface area contributed by atoms with Crippen LogP contribution in [-0.2, 0) is 13.0 Å². The Morgan fingerprint density at radius 3 is 3.60 bits per heavy atom. The van der Waals surface area contributed by atoms with Crippen LogP contribution in [-0.4, -0.2) is 6.04 Å². The first-order chi connectivity index (χ1) is 4.86. The molecule has 0 amide bonds. The molecule has 10 heavy (non-hydrogen) atoms. The minimum atomic E-state index is 0.649. The van der Waals surface area contributed by atoms with E-state index in [0.717, 1.165) is 6.54 Å². The van der Waals surface area contributed by atoms with Gasteiger partial charge in [-0.15, -0.1) is 11.3 Å². The predicted molar refractivity (Wildman–Crippen MR) is 43.2 cm³/mol. The standard InChI is InChI=1S/C8H10NS/c1-6-4-7-2-3-10-8(7)5-9-6/h2,6,9H,4-5H2,1H3. The first-order valence-electron chi connectivity index (χ1n) is 3.57. The van der Waals surface area contributed by atoms with Gasteiger partial charge in [0.25, 0.3) is 0 Å². The summed E-state index contributed by atoms with van der Waals surface area (Å²) < 4.78 is 0. The van der Waals surface area contributed by atoms with Gasteiger partial charge < -0.3 is 5.32 Å². The summed E-state index contributed by atoms with van der Waals surface area (Å²) in [6.45, 7) is 3.27. The Morgan fingerprint density at radius 2 is 2.70 bits per heavy atom. The van der Waals surface area contributed by atoms with Crippen LogP contribution in [0.3, 0.4) is 0 Å². The lowest BCUT2D eigenvalue weighted by Gasteiger charge is -2.19. The molecule has 53 valence electrons. The highest BCUT2D eigenvalue weighted by atomic mass is 32.1. The Labute approximate surface area is 65.1 Å². The van der Waals surface area contributed by atoms with Gasteiger partial charge >= 0.3 is 0 Å². The molecule has 1 nitrogen and oxygen atoms in total. The minimum Gasteiger partial charge on any atom is -0.309 e. The Kier molecular flexibility index (Phi) is 1.51. The van der Waals surface area contributed by atoms with Crippen molar-refractivity contribution in [3.63, 3.8) is 0 Å². The fourth-order valence-corrected chi connectivity index (χ4v) is 2.08. The number of fused-ring (bicyclic) bond motifs is 1. The highest BCUT2D eigenvalue weighted by Crippen LogP contribution is 2.21. The Morgan fingerprint density at radius 1 is 1.80 bits per heavy atom. The van der Waals surface area contributed by atoms with Gasteiger partial charge in [0.15, 0.2) is 0 Å². The molecule has 2 rings (SSSR count). The number of thiophene rings is 1. The highest BCUT2D eigenvalue weighted by molar-refractivity contribution is 7.09. The van der Waals surface area contributed by atoms with E-state index in [4.69, 9.17) is 0 Å². The first kappa shape index (κ1) is 6.38. The van der Waals surface area contributed by atoms with Gasteiger partial charge in [0.1, 0.15) is 0 Å². The van der Waals surface area contributed by atoms with Crippen molar-refractivity contribution in [2.75, 3.05) is 0 Å². The molecule has 1 radical (unpaired) electrons. The monoisotopic (exact) mass is 152 g/mol. The SMILES string of the molecule is CC1Cc2c[c]sc2CN1. The molecule has 1 aromatic rings. The van der Waals surface area contributed by atoms with Crippen molar-refractivity contribution in [2.24, 2.45) is 0 Å². The van der Waals surface area contributed by atoms with Gasteiger partial charge in [0.05, 0.1) is 0 Å². The number of nitrogens with one attached hydrogen (secondary N) is 1. The molecule has 1 aliphatic heterocycles. The average molecular weight is 152 g/mol. The summed E-state index contributed by atoms with van der Waals surface area (Å²) in [5.41, 5.74) is 1.50. The lowest BCUT2D eigenvalue weighted by molar-refractivity contribution is 0.520. The normalized spacial score (nSPS) is 24.3. The maximum absolute atomic E-state index is 3.41. The van der Waals surface area contributed by atoms with Crippen LogP contribution in [0.5, 0.6) is 0 Å². The lowest BCUT2D eigenvalue weighted by Crippen LogP contribution is -2.31. The van der Waals surface area contributed by atoms with Crippen LogP contribution in [0.2, 0.25) is 0 Å². The van der Waals surface area contributed by atoms with Crippen LogP contribution in [0.1, 0.15) is 17.4 Å². The van der Waals surface area contributed by atoms with E-state index in [-0.39, 0.29) is 0 Å². The van der Waals surface area contributed by atoms with E-state index >= 15 is 0 Å². The second kappa shape index (κ2) is 2.36. The van der Waals surface area contributed by atoms with E-state index in [1.54, 1.807) is 11.3 Å². The first-order valence-corrected chi connectivity index (χ1v) is 4.39. The van der Waals surface area contributed by atoms with Crippen molar-refractivity contribution in [2.45, 2.75) is 25.9 Å². The number of rotatable bonds is 0. The maximum atomic E-state index is 3.41. The van der Waals surface area contributed by atoms with Crippen molar-refractivity contribution in [1.82, 2.24) is 5.32 Å². The molecule has 1 aliphatic rings. The molecule has 0 fully saturated rings. The quantitative estimate of drug-likeness (QED) is 0.595. The molecule has 0 bridgehead atoms. The van der Waals surface area contributed by atoms with Gasteiger partial charge in [-0.1, -0.05) is 0 Å². The van der Waals surface area contributed by atoms with E-state index in [1.165, 1.54) is 16.9 Å².